The lowest BCUT2D eigenvalue weighted by atomic mass is 9.65. The van der Waals surface area contributed by atoms with E-state index in [1.165, 1.54) is 0 Å². The second-order valence-corrected chi connectivity index (χ2v) is 5.03. The van der Waals surface area contributed by atoms with Crippen LogP contribution in [0.25, 0.3) is 0 Å². The number of halogens is 2. The molecule has 2 bridgehead atoms. The van der Waals surface area contributed by atoms with Crippen LogP contribution in [0, 0.1) is 29.6 Å². The van der Waals surface area contributed by atoms with E-state index < -0.39 is 12.2 Å². The normalized spacial score (nSPS) is 40.4. The molecule has 0 saturated heterocycles. The van der Waals surface area contributed by atoms with Gasteiger partial charge in [-0.2, -0.15) is 0 Å². The number of Topliss-reactive ketones (excluding diaryl/α,β-unsaturated/α-hetero) is 1. The Morgan fingerprint density at radius 2 is 1.93 bits per heavy atom. The summed E-state index contributed by atoms with van der Waals surface area (Å²) in [6.45, 7) is 4.25. The summed E-state index contributed by atoms with van der Waals surface area (Å²) in [5.74, 6) is 0.749. The summed E-state index contributed by atoms with van der Waals surface area (Å²) in [7, 11) is 0. The van der Waals surface area contributed by atoms with Gasteiger partial charge in [-0.15, -0.1) is 0 Å². The molecule has 3 fully saturated rings. The Labute approximate surface area is 82.9 Å². The molecule has 0 aromatic rings. The molecule has 80 valence electrons. The molecule has 3 aliphatic rings. The average molecular weight is 202 g/mol. The second-order valence-electron chi connectivity index (χ2n) is 5.03. The Hall–Kier alpha value is -0.470. The molecule has 3 saturated carbocycles. The van der Waals surface area contributed by atoms with Gasteiger partial charge in [-0.25, -0.2) is 8.78 Å². The van der Waals surface area contributed by atoms with Crippen LogP contribution in [0.5, 0.6) is 0 Å². The topological polar surface area (TPSA) is 17.1 Å². The predicted molar refractivity (Wildman–Crippen MR) is 49.0 cm³/mol. The van der Waals surface area contributed by atoms with Crippen molar-refractivity contribution in [3.05, 3.63) is 0 Å². The summed E-state index contributed by atoms with van der Waals surface area (Å²) >= 11 is 0. The van der Waals surface area contributed by atoms with Crippen LogP contribution < -0.4 is 0 Å². The highest BCUT2D eigenvalue weighted by Crippen LogP contribution is 2.60. The van der Waals surface area contributed by atoms with Crippen molar-refractivity contribution in [1.29, 1.82) is 0 Å². The minimum absolute atomic E-state index is 0.265. The third-order valence-electron chi connectivity index (χ3n) is 4.04. The van der Waals surface area contributed by atoms with Gasteiger partial charge in [-0.1, -0.05) is 13.8 Å². The molecular weight excluding hydrogens is 186 g/mol. The fraction of sp³-hybridized carbons (Fsp3) is 0.909. The maximum Gasteiger partial charge on any atom is 0.296 e. The maximum atomic E-state index is 12.3. The average Bonchev–Trinajstić information content (AvgIpc) is 2.57. The molecule has 0 radical (unpaired) electrons. The lowest BCUT2D eigenvalue weighted by Gasteiger charge is -2.39. The molecule has 0 N–H and O–H groups in total. The zero-order valence-electron chi connectivity index (χ0n) is 8.54. The van der Waals surface area contributed by atoms with Crippen molar-refractivity contribution in [2.45, 2.75) is 33.1 Å². The van der Waals surface area contributed by atoms with Gasteiger partial charge < -0.3 is 0 Å². The third kappa shape index (κ3) is 1.29. The SMILES string of the molecule is CC(C)C1[C@H]2CC(C(=O)C(F)F)[C@@H]1C2. The van der Waals surface area contributed by atoms with Gasteiger partial charge in [0.15, 0.2) is 0 Å². The van der Waals surface area contributed by atoms with Crippen molar-refractivity contribution >= 4 is 5.78 Å². The van der Waals surface area contributed by atoms with E-state index in [0.717, 1.165) is 12.8 Å². The minimum Gasteiger partial charge on any atom is -0.293 e. The van der Waals surface area contributed by atoms with Crippen LogP contribution in [0.15, 0.2) is 0 Å². The van der Waals surface area contributed by atoms with Crippen LogP contribution in [0.4, 0.5) is 8.78 Å². The van der Waals surface area contributed by atoms with Gasteiger partial charge in [0.2, 0.25) is 5.78 Å². The zero-order chi connectivity index (χ0) is 10.5. The number of hydrogen-bond acceptors (Lipinski definition) is 1. The van der Waals surface area contributed by atoms with Crippen LogP contribution in [0.2, 0.25) is 0 Å². The van der Waals surface area contributed by atoms with Gasteiger partial charge in [0.1, 0.15) is 0 Å². The van der Waals surface area contributed by atoms with Crippen LogP contribution in [-0.2, 0) is 4.79 Å². The van der Waals surface area contributed by atoms with E-state index in [4.69, 9.17) is 0 Å². The second kappa shape index (κ2) is 3.28. The number of carbonyl (C=O) groups is 1. The molecule has 0 amide bonds. The Morgan fingerprint density at radius 1 is 1.29 bits per heavy atom. The fourth-order valence-corrected chi connectivity index (χ4v) is 3.53. The number of alkyl halides is 2. The van der Waals surface area contributed by atoms with Crippen LogP contribution in [0.1, 0.15) is 26.7 Å². The highest BCUT2D eigenvalue weighted by molar-refractivity contribution is 5.85. The predicted octanol–water partition coefficient (Wildman–Crippen LogP) is 2.75. The van der Waals surface area contributed by atoms with Crippen LogP contribution in [0.3, 0.4) is 0 Å². The molecule has 2 unspecified atom stereocenters. The minimum atomic E-state index is -2.76. The van der Waals surface area contributed by atoms with E-state index in [2.05, 4.69) is 13.8 Å². The van der Waals surface area contributed by atoms with Crippen molar-refractivity contribution in [2.24, 2.45) is 29.6 Å². The Balaban J connectivity index is 2.03. The van der Waals surface area contributed by atoms with Gasteiger partial charge in [0.05, 0.1) is 0 Å². The zero-order valence-corrected chi connectivity index (χ0v) is 8.54. The monoisotopic (exact) mass is 202 g/mol. The molecule has 0 aromatic carbocycles. The van der Waals surface area contributed by atoms with E-state index in [0.29, 0.717) is 17.8 Å². The van der Waals surface area contributed by atoms with Crippen molar-refractivity contribution in [2.75, 3.05) is 0 Å². The summed E-state index contributed by atoms with van der Waals surface area (Å²) in [5.41, 5.74) is 0. The highest BCUT2D eigenvalue weighted by Gasteiger charge is 2.56. The Kier molecular flexibility index (Phi) is 2.36. The molecular formula is C11H16F2O. The molecule has 3 aliphatic carbocycles. The number of carbonyl (C=O) groups excluding carboxylic acids is 1. The molecule has 0 aliphatic heterocycles. The summed E-state index contributed by atoms with van der Waals surface area (Å²) in [4.78, 5) is 11.2. The molecule has 0 heterocycles. The van der Waals surface area contributed by atoms with Crippen molar-refractivity contribution in [3.8, 4) is 0 Å². The fourth-order valence-electron chi connectivity index (χ4n) is 3.53. The standard InChI is InChI=1S/C11H16F2O/c1-5(2)9-6-3-7(9)8(4-6)10(14)11(12)13/h5-9,11H,3-4H2,1-2H3/t6-,7+,8?,9?/m1/s1. The van der Waals surface area contributed by atoms with Gasteiger partial charge >= 0.3 is 0 Å². The largest absolute Gasteiger partial charge is 0.296 e. The maximum absolute atomic E-state index is 12.3. The van der Waals surface area contributed by atoms with Crippen molar-refractivity contribution in [3.63, 3.8) is 0 Å². The molecule has 1 nitrogen and oxygen atoms in total. The summed E-state index contributed by atoms with van der Waals surface area (Å²) in [5, 5.41) is 0. The molecule has 4 atom stereocenters. The molecule has 0 aromatic heterocycles. The number of hydrogen-bond donors (Lipinski definition) is 0. The first kappa shape index (κ1) is 10.1. The molecule has 0 spiro atoms. The van der Waals surface area contributed by atoms with E-state index in [1.807, 2.05) is 0 Å². The lowest BCUT2D eigenvalue weighted by molar-refractivity contribution is -0.135. The Morgan fingerprint density at radius 3 is 2.36 bits per heavy atom. The van der Waals surface area contributed by atoms with E-state index in [-0.39, 0.29) is 11.8 Å². The van der Waals surface area contributed by atoms with Gasteiger partial charge in [-0.05, 0) is 36.5 Å². The molecule has 3 rings (SSSR count). The van der Waals surface area contributed by atoms with Crippen LogP contribution in [-0.4, -0.2) is 12.2 Å². The number of rotatable bonds is 3. The summed E-state index contributed by atoms with van der Waals surface area (Å²) in [6.07, 6.45) is -1.03. The summed E-state index contributed by atoms with van der Waals surface area (Å²) in [6, 6.07) is 0. The van der Waals surface area contributed by atoms with E-state index >= 15 is 0 Å². The van der Waals surface area contributed by atoms with Crippen molar-refractivity contribution < 1.29 is 13.6 Å². The van der Waals surface area contributed by atoms with Gasteiger partial charge in [0.25, 0.3) is 6.43 Å². The first-order valence-corrected chi connectivity index (χ1v) is 5.34. The highest BCUT2D eigenvalue weighted by atomic mass is 19.3. The first-order valence-electron chi connectivity index (χ1n) is 5.34. The van der Waals surface area contributed by atoms with Crippen molar-refractivity contribution in [1.82, 2.24) is 0 Å². The number of fused-ring (bicyclic) bond motifs is 1. The van der Waals surface area contributed by atoms with E-state index in [1.54, 1.807) is 0 Å². The van der Waals surface area contributed by atoms with E-state index in [9.17, 15) is 13.6 Å². The summed E-state index contributed by atoms with van der Waals surface area (Å²) < 4.78 is 24.5. The quantitative estimate of drug-likeness (QED) is 0.687. The van der Waals surface area contributed by atoms with Gasteiger partial charge in [0, 0.05) is 5.92 Å². The lowest BCUT2D eigenvalue weighted by Crippen LogP contribution is -2.36. The van der Waals surface area contributed by atoms with Gasteiger partial charge in [-0.3, -0.25) is 4.79 Å². The number of ketones is 1. The molecule has 14 heavy (non-hydrogen) atoms. The smallest absolute Gasteiger partial charge is 0.293 e. The third-order valence-corrected chi connectivity index (χ3v) is 4.04. The van der Waals surface area contributed by atoms with Crippen LogP contribution >= 0.6 is 0 Å². The Bertz CT molecular complexity index is 250. The molecule has 3 heteroatoms. The first-order chi connectivity index (χ1) is 6.52.